The van der Waals surface area contributed by atoms with E-state index in [2.05, 4.69) is 20.3 Å². The number of benzene rings is 3. The first-order valence-electron chi connectivity index (χ1n) is 11.6. The Morgan fingerprint density at radius 3 is 2.62 bits per heavy atom. The van der Waals surface area contributed by atoms with Crippen LogP contribution in [0.4, 0.5) is 5.69 Å². The van der Waals surface area contributed by atoms with Crippen molar-refractivity contribution in [1.82, 2.24) is 9.55 Å². The number of amides is 1. The van der Waals surface area contributed by atoms with E-state index in [1.807, 2.05) is 77.4 Å². The molecule has 1 unspecified atom stereocenters. The van der Waals surface area contributed by atoms with Crippen molar-refractivity contribution in [3.8, 4) is 0 Å². The zero-order chi connectivity index (χ0) is 25.8. The molecule has 1 aromatic heterocycles. The van der Waals surface area contributed by atoms with E-state index in [0.717, 1.165) is 16.6 Å². The summed E-state index contributed by atoms with van der Waals surface area (Å²) >= 11 is 0. The Kier molecular flexibility index (Phi) is 6.73. The van der Waals surface area contributed by atoms with Gasteiger partial charge >= 0.3 is 0 Å². The van der Waals surface area contributed by atoms with Gasteiger partial charge in [0.15, 0.2) is 5.82 Å². The van der Waals surface area contributed by atoms with Crippen LogP contribution < -0.4 is 11.1 Å². The van der Waals surface area contributed by atoms with E-state index in [-0.39, 0.29) is 17.7 Å². The van der Waals surface area contributed by atoms with E-state index in [1.165, 1.54) is 0 Å². The number of nitrogens with one attached hydrogen (secondary N) is 2. The standard InChI is InChI=1S/C27H25N7O3/c1-36-16-15-34-21-14-8-7-13-20(21)30-25(34)23(28)37-27(29)33-24-26(35)31-19-12-6-5-11-18(19)22(32-24)17-9-3-2-4-10-17/h2-14,24,28H,15-16H2,1H3,(H2,29,33)(H,31,35). The lowest BCUT2D eigenvalue weighted by Gasteiger charge is -2.11. The number of hydrogen-bond donors (Lipinski definition) is 3. The number of amidine groups is 1. The molecule has 1 aliphatic heterocycles. The van der Waals surface area contributed by atoms with Crippen LogP contribution in [0.25, 0.3) is 11.0 Å². The first kappa shape index (κ1) is 23.9. The number of para-hydroxylation sites is 3. The van der Waals surface area contributed by atoms with E-state index in [0.29, 0.717) is 30.1 Å². The van der Waals surface area contributed by atoms with Gasteiger partial charge in [-0.2, -0.15) is 4.99 Å². The fourth-order valence-corrected chi connectivity index (χ4v) is 4.11. The highest BCUT2D eigenvalue weighted by molar-refractivity contribution is 6.19. The van der Waals surface area contributed by atoms with Gasteiger partial charge in [-0.3, -0.25) is 10.2 Å². The molecule has 10 heteroatoms. The molecule has 4 N–H and O–H groups in total. The average molecular weight is 496 g/mol. The number of aromatic nitrogens is 2. The summed E-state index contributed by atoms with van der Waals surface area (Å²) < 4.78 is 12.6. The monoisotopic (exact) mass is 495 g/mol. The number of fused-ring (bicyclic) bond motifs is 2. The summed E-state index contributed by atoms with van der Waals surface area (Å²) in [6.07, 6.45) is -1.22. The Bertz CT molecular complexity index is 1530. The number of imidazole rings is 1. The SMILES string of the molecule is COCCn1c(C(=N)O/C(N)=N/C2N=C(c3ccccc3)c3ccccc3NC2=O)nc2ccccc21. The van der Waals surface area contributed by atoms with Crippen molar-refractivity contribution in [2.75, 3.05) is 19.0 Å². The van der Waals surface area contributed by atoms with E-state index in [4.69, 9.17) is 20.6 Å². The smallest absolute Gasteiger partial charge is 0.291 e. The highest BCUT2D eigenvalue weighted by Crippen LogP contribution is 2.24. The lowest BCUT2D eigenvalue weighted by Crippen LogP contribution is -2.30. The Morgan fingerprint density at radius 2 is 1.81 bits per heavy atom. The van der Waals surface area contributed by atoms with Gasteiger partial charge in [-0.15, -0.1) is 0 Å². The van der Waals surface area contributed by atoms with Crippen molar-refractivity contribution < 1.29 is 14.3 Å². The molecule has 0 saturated carbocycles. The van der Waals surface area contributed by atoms with Crippen LogP contribution in [-0.2, 0) is 20.8 Å². The number of nitrogens with zero attached hydrogens (tertiary/aromatic N) is 4. The first-order chi connectivity index (χ1) is 18.0. The van der Waals surface area contributed by atoms with Gasteiger partial charge in [-0.05, 0) is 18.2 Å². The molecule has 1 amide bonds. The van der Waals surface area contributed by atoms with Gasteiger partial charge in [-0.25, -0.2) is 9.98 Å². The average Bonchev–Trinajstić information content (AvgIpc) is 3.22. The second-order valence-corrected chi connectivity index (χ2v) is 8.22. The molecule has 37 heavy (non-hydrogen) atoms. The predicted molar refractivity (Wildman–Crippen MR) is 142 cm³/mol. The Balaban J connectivity index is 1.46. The Labute approximate surface area is 213 Å². The van der Waals surface area contributed by atoms with Crippen LogP contribution in [0, 0.1) is 5.41 Å². The molecule has 5 rings (SSSR count). The minimum atomic E-state index is -1.22. The van der Waals surface area contributed by atoms with Gasteiger partial charge in [0.05, 0.1) is 29.0 Å². The fourth-order valence-electron chi connectivity index (χ4n) is 4.11. The van der Waals surface area contributed by atoms with Crippen molar-refractivity contribution in [2.24, 2.45) is 15.7 Å². The zero-order valence-electron chi connectivity index (χ0n) is 20.1. The van der Waals surface area contributed by atoms with Gasteiger partial charge in [0.2, 0.25) is 6.17 Å². The third kappa shape index (κ3) is 4.95. The second-order valence-electron chi connectivity index (χ2n) is 8.22. The molecule has 0 aliphatic carbocycles. The van der Waals surface area contributed by atoms with E-state index < -0.39 is 12.1 Å². The van der Waals surface area contributed by atoms with Crippen molar-refractivity contribution in [3.05, 3.63) is 95.8 Å². The van der Waals surface area contributed by atoms with Crippen LogP contribution >= 0.6 is 0 Å². The number of carbonyl (C=O) groups is 1. The lowest BCUT2D eigenvalue weighted by atomic mass is 10.0. The molecule has 0 radical (unpaired) electrons. The van der Waals surface area contributed by atoms with Crippen LogP contribution in [0.2, 0.25) is 0 Å². The topological polar surface area (TPSA) is 140 Å². The van der Waals surface area contributed by atoms with E-state index in [1.54, 1.807) is 13.2 Å². The number of ether oxygens (including phenoxy) is 2. The van der Waals surface area contributed by atoms with Gasteiger partial charge in [-0.1, -0.05) is 60.7 Å². The van der Waals surface area contributed by atoms with Crippen molar-refractivity contribution in [2.45, 2.75) is 12.7 Å². The molecule has 1 aliphatic rings. The summed E-state index contributed by atoms with van der Waals surface area (Å²) in [6.45, 7) is 0.882. The van der Waals surface area contributed by atoms with Crippen LogP contribution in [-0.4, -0.2) is 53.0 Å². The molecule has 1 atom stereocenters. The summed E-state index contributed by atoms with van der Waals surface area (Å²) in [7, 11) is 1.60. The normalized spacial score (nSPS) is 15.5. The van der Waals surface area contributed by atoms with Crippen LogP contribution in [0.3, 0.4) is 0 Å². The van der Waals surface area contributed by atoms with E-state index in [9.17, 15) is 4.79 Å². The number of rotatable bonds is 6. The molecule has 4 aromatic rings. The number of benzodiazepines with no additional fused rings is 1. The minimum absolute atomic E-state index is 0.266. The van der Waals surface area contributed by atoms with Gasteiger partial charge in [0.25, 0.3) is 17.8 Å². The lowest BCUT2D eigenvalue weighted by molar-refractivity contribution is -0.117. The number of nitrogens with two attached hydrogens (primary N) is 1. The Morgan fingerprint density at radius 1 is 1.08 bits per heavy atom. The molecule has 0 spiro atoms. The first-order valence-corrected chi connectivity index (χ1v) is 11.6. The quantitative estimate of drug-likeness (QED) is 0.278. The zero-order valence-corrected chi connectivity index (χ0v) is 20.1. The number of aliphatic imine (C=N–C) groups is 2. The maximum atomic E-state index is 13.0. The molecular formula is C27H25N7O3. The van der Waals surface area contributed by atoms with Crippen LogP contribution in [0.5, 0.6) is 0 Å². The second kappa shape index (κ2) is 10.4. The molecule has 2 heterocycles. The van der Waals surface area contributed by atoms with E-state index >= 15 is 0 Å². The maximum Gasteiger partial charge on any atom is 0.291 e. The molecule has 3 aromatic carbocycles. The molecular weight excluding hydrogens is 470 g/mol. The third-order valence-corrected chi connectivity index (χ3v) is 5.81. The Hall–Kier alpha value is -4.83. The van der Waals surface area contributed by atoms with Gasteiger partial charge in [0.1, 0.15) is 0 Å². The maximum absolute atomic E-state index is 13.0. The number of hydrogen-bond acceptors (Lipinski definition) is 7. The predicted octanol–water partition coefficient (Wildman–Crippen LogP) is 3.16. The van der Waals surface area contributed by atoms with Crippen LogP contribution in [0.15, 0.2) is 88.8 Å². The molecule has 186 valence electrons. The van der Waals surface area contributed by atoms with Gasteiger partial charge < -0.3 is 25.1 Å². The van der Waals surface area contributed by atoms with Crippen molar-refractivity contribution in [3.63, 3.8) is 0 Å². The third-order valence-electron chi connectivity index (χ3n) is 5.81. The summed E-state index contributed by atoms with van der Waals surface area (Å²) in [5.74, 6) is -0.510. The van der Waals surface area contributed by atoms with Crippen molar-refractivity contribution >= 4 is 40.3 Å². The fraction of sp³-hybridized carbons (Fsp3) is 0.148. The molecule has 0 fully saturated rings. The molecule has 0 saturated heterocycles. The minimum Gasteiger partial charge on any atom is -0.404 e. The number of anilines is 1. The summed E-state index contributed by atoms with van der Waals surface area (Å²) in [6, 6.07) is 24.0. The number of carbonyl (C=O) groups excluding carboxylic acids is 1. The summed E-state index contributed by atoms with van der Waals surface area (Å²) in [5.41, 5.74) is 10.4. The highest BCUT2D eigenvalue weighted by atomic mass is 16.5. The van der Waals surface area contributed by atoms with Gasteiger partial charge in [0, 0.05) is 24.8 Å². The van der Waals surface area contributed by atoms with Crippen LogP contribution in [0.1, 0.15) is 17.0 Å². The molecule has 10 nitrogen and oxygen atoms in total. The number of methoxy groups -OCH3 is 1. The highest BCUT2D eigenvalue weighted by Gasteiger charge is 2.26. The van der Waals surface area contributed by atoms with Crippen molar-refractivity contribution in [1.29, 1.82) is 5.41 Å². The summed E-state index contributed by atoms with van der Waals surface area (Å²) in [5, 5.41) is 11.4. The summed E-state index contributed by atoms with van der Waals surface area (Å²) in [4.78, 5) is 26.4. The molecule has 0 bridgehead atoms. The largest absolute Gasteiger partial charge is 0.404 e.